The molecule has 3 heteroatoms. The van der Waals surface area contributed by atoms with Crippen molar-refractivity contribution < 1.29 is 0 Å². The molecule has 2 heterocycles. The number of hydrogen-bond acceptors (Lipinski definition) is 2. The number of aromatic nitrogens is 3. The normalized spacial score (nSPS) is 11.3. The van der Waals surface area contributed by atoms with E-state index in [1.54, 1.807) is 0 Å². The molecule has 2 aromatic heterocycles. The predicted octanol–water partition coefficient (Wildman–Crippen LogP) is 11.9. The van der Waals surface area contributed by atoms with E-state index < -0.39 is 0 Å². The van der Waals surface area contributed by atoms with Gasteiger partial charge in [-0.25, -0.2) is 9.97 Å². The number of rotatable bonds is 6. The Labute approximate surface area is 285 Å². The van der Waals surface area contributed by atoms with E-state index in [2.05, 4.69) is 180 Å². The quantitative estimate of drug-likeness (QED) is 0.184. The molecule has 0 saturated heterocycles. The molecule has 0 atom stereocenters. The lowest BCUT2D eigenvalue weighted by atomic mass is 10.0. The summed E-state index contributed by atoms with van der Waals surface area (Å²) in [4.78, 5) is 10.3. The minimum atomic E-state index is 0.695. The van der Waals surface area contributed by atoms with Crippen molar-refractivity contribution >= 4 is 21.8 Å². The average Bonchev–Trinajstić information content (AvgIpc) is 3.53. The molecule has 0 spiro atoms. The number of hydrogen-bond donors (Lipinski definition) is 0. The third kappa shape index (κ3) is 5.38. The fraction of sp³-hybridized carbons (Fsp3) is 0. The molecule has 0 amide bonds. The van der Waals surface area contributed by atoms with Crippen LogP contribution in [0.2, 0.25) is 0 Å². The summed E-state index contributed by atoms with van der Waals surface area (Å²) in [6, 6.07) is 66.1. The van der Waals surface area contributed by atoms with Crippen LogP contribution in [0, 0.1) is 0 Å². The molecule has 0 radical (unpaired) electrons. The standard InChI is InChI=1S/C46H31N3/c1-3-11-32(12-4-1)34-19-23-36(24-20-34)42-31-43(37-25-21-35(22-26-37)33-13-5-2-6-14-33)48-46(47-42)38-27-29-39(30-28-38)49-44-17-9-7-15-40(44)41-16-8-10-18-45(41)49/h1-31H. The minimum absolute atomic E-state index is 0.695. The monoisotopic (exact) mass is 625 g/mol. The first-order chi connectivity index (χ1) is 24.3. The second-order valence-electron chi connectivity index (χ2n) is 12.3. The lowest BCUT2D eigenvalue weighted by Crippen LogP contribution is -1.97. The van der Waals surface area contributed by atoms with Gasteiger partial charge in [-0.2, -0.15) is 0 Å². The summed E-state index contributed by atoms with van der Waals surface area (Å²) < 4.78 is 2.33. The third-order valence-electron chi connectivity index (χ3n) is 9.27. The van der Waals surface area contributed by atoms with Crippen molar-refractivity contribution in [2.45, 2.75) is 0 Å². The summed E-state index contributed by atoms with van der Waals surface area (Å²) in [5.41, 5.74) is 13.1. The van der Waals surface area contributed by atoms with Crippen molar-refractivity contribution in [2.24, 2.45) is 0 Å². The van der Waals surface area contributed by atoms with Crippen LogP contribution in [0.3, 0.4) is 0 Å². The largest absolute Gasteiger partial charge is 0.309 e. The second kappa shape index (κ2) is 12.2. The van der Waals surface area contributed by atoms with Gasteiger partial charge in [-0.3, -0.25) is 0 Å². The molecule has 0 aliphatic carbocycles. The smallest absolute Gasteiger partial charge is 0.160 e. The average molecular weight is 626 g/mol. The highest BCUT2D eigenvalue weighted by molar-refractivity contribution is 6.09. The van der Waals surface area contributed by atoms with Crippen LogP contribution in [0.4, 0.5) is 0 Å². The van der Waals surface area contributed by atoms with Gasteiger partial charge in [0.25, 0.3) is 0 Å². The molecular formula is C46H31N3. The minimum Gasteiger partial charge on any atom is -0.309 e. The topological polar surface area (TPSA) is 30.7 Å². The van der Waals surface area contributed by atoms with Crippen LogP contribution in [0.1, 0.15) is 0 Å². The van der Waals surface area contributed by atoms with E-state index in [-0.39, 0.29) is 0 Å². The highest BCUT2D eigenvalue weighted by Crippen LogP contribution is 2.34. The highest BCUT2D eigenvalue weighted by Gasteiger charge is 2.14. The van der Waals surface area contributed by atoms with E-state index in [0.717, 1.165) is 33.8 Å². The van der Waals surface area contributed by atoms with Crippen LogP contribution in [-0.2, 0) is 0 Å². The Balaban J connectivity index is 1.13. The second-order valence-corrected chi connectivity index (χ2v) is 12.3. The first kappa shape index (κ1) is 28.6. The molecule has 0 fully saturated rings. The Kier molecular flexibility index (Phi) is 7.14. The lowest BCUT2D eigenvalue weighted by molar-refractivity contribution is 1.16. The van der Waals surface area contributed by atoms with Gasteiger partial charge >= 0.3 is 0 Å². The maximum absolute atomic E-state index is 5.14. The number of benzene rings is 7. The number of fused-ring (bicyclic) bond motifs is 3. The maximum Gasteiger partial charge on any atom is 0.160 e. The molecule has 49 heavy (non-hydrogen) atoms. The fourth-order valence-electron chi connectivity index (χ4n) is 6.76. The van der Waals surface area contributed by atoms with Crippen molar-refractivity contribution in [1.29, 1.82) is 0 Å². The van der Waals surface area contributed by atoms with E-state index in [0.29, 0.717) is 5.82 Å². The Hall–Kier alpha value is -6.58. The molecule has 0 aliphatic rings. The van der Waals surface area contributed by atoms with Crippen LogP contribution in [-0.4, -0.2) is 14.5 Å². The Morgan fingerprint density at radius 3 is 1.14 bits per heavy atom. The van der Waals surface area contributed by atoms with Gasteiger partial charge in [0.2, 0.25) is 0 Å². The predicted molar refractivity (Wildman–Crippen MR) is 204 cm³/mol. The van der Waals surface area contributed by atoms with Gasteiger partial charge in [0, 0.05) is 33.2 Å². The Bertz CT molecular complexity index is 2390. The van der Waals surface area contributed by atoms with E-state index in [1.165, 1.54) is 44.1 Å². The van der Waals surface area contributed by atoms with Crippen molar-refractivity contribution in [2.75, 3.05) is 0 Å². The zero-order valence-electron chi connectivity index (χ0n) is 26.7. The van der Waals surface area contributed by atoms with Crippen LogP contribution >= 0.6 is 0 Å². The summed E-state index contributed by atoms with van der Waals surface area (Å²) in [6.07, 6.45) is 0. The molecule has 3 nitrogen and oxygen atoms in total. The molecule has 0 bridgehead atoms. The summed E-state index contributed by atoms with van der Waals surface area (Å²) in [5.74, 6) is 0.695. The van der Waals surface area contributed by atoms with E-state index >= 15 is 0 Å². The third-order valence-corrected chi connectivity index (χ3v) is 9.27. The van der Waals surface area contributed by atoms with E-state index in [1.807, 2.05) is 12.1 Å². The van der Waals surface area contributed by atoms with Crippen molar-refractivity contribution in [1.82, 2.24) is 14.5 Å². The summed E-state index contributed by atoms with van der Waals surface area (Å²) in [7, 11) is 0. The van der Waals surface area contributed by atoms with Gasteiger partial charge in [0.15, 0.2) is 5.82 Å². The zero-order chi connectivity index (χ0) is 32.6. The summed E-state index contributed by atoms with van der Waals surface area (Å²) >= 11 is 0. The zero-order valence-corrected chi connectivity index (χ0v) is 26.7. The van der Waals surface area contributed by atoms with Gasteiger partial charge in [0.1, 0.15) is 0 Å². The Morgan fingerprint density at radius 2 is 0.673 bits per heavy atom. The number of nitrogens with zero attached hydrogens (tertiary/aromatic N) is 3. The van der Waals surface area contributed by atoms with Crippen LogP contribution in [0.25, 0.3) is 83.6 Å². The van der Waals surface area contributed by atoms with Crippen molar-refractivity contribution in [3.05, 3.63) is 188 Å². The molecule has 0 unspecified atom stereocenters. The molecule has 9 aromatic rings. The van der Waals surface area contributed by atoms with Crippen LogP contribution < -0.4 is 0 Å². The highest BCUT2D eigenvalue weighted by atomic mass is 15.0. The molecule has 7 aromatic carbocycles. The molecule has 0 aliphatic heterocycles. The van der Waals surface area contributed by atoms with Gasteiger partial charge in [0.05, 0.1) is 22.4 Å². The summed E-state index contributed by atoms with van der Waals surface area (Å²) in [5, 5.41) is 2.50. The van der Waals surface area contributed by atoms with E-state index in [9.17, 15) is 0 Å². The molecule has 0 N–H and O–H groups in total. The van der Waals surface area contributed by atoms with Crippen molar-refractivity contribution in [3.63, 3.8) is 0 Å². The molecule has 230 valence electrons. The van der Waals surface area contributed by atoms with Crippen molar-refractivity contribution in [3.8, 4) is 61.8 Å². The van der Waals surface area contributed by atoms with Crippen LogP contribution in [0.5, 0.6) is 0 Å². The summed E-state index contributed by atoms with van der Waals surface area (Å²) in [6.45, 7) is 0. The van der Waals surface area contributed by atoms with Gasteiger partial charge in [-0.15, -0.1) is 0 Å². The van der Waals surface area contributed by atoms with E-state index in [4.69, 9.17) is 9.97 Å². The SMILES string of the molecule is c1ccc(-c2ccc(-c3cc(-c4ccc(-c5ccccc5)cc4)nc(-c4ccc(-n5c6ccccc6c6ccccc65)cc4)n3)cc2)cc1. The first-order valence-corrected chi connectivity index (χ1v) is 16.6. The number of para-hydroxylation sites is 2. The van der Waals surface area contributed by atoms with Gasteiger partial charge in [-0.1, -0.05) is 146 Å². The lowest BCUT2D eigenvalue weighted by Gasteiger charge is -2.12. The Morgan fingerprint density at radius 1 is 0.306 bits per heavy atom. The fourth-order valence-corrected chi connectivity index (χ4v) is 6.76. The van der Waals surface area contributed by atoms with Gasteiger partial charge < -0.3 is 4.57 Å². The molecule has 9 rings (SSSR count). The molecular weight excluding hydrogens is 595 g/mol. The molecule has 0 saturated carbocycles. The van der Waals surface area contributed by atoms with Gasteiger partial charge in [-0.05, 0) is 64.7 Å². The van der Waals surface area contributed by atoms with Crippen LogP contribution in [0.15, 0.2) is 188 Å². The first-order valence-electron chi connectivity index (χ1n) is 16.6. The maximum atomic E-state index is 5.14.